The van der Waals surface area contributed by atoms with Crippen LogP contribution in [0.2, 0.25) is 0 Å². The van der Waals surface area contributed by atoms with Crippen LogP contribution in [0, 0.1) is 11.8 Å². The Hall–Kier alpha value is -1.02. The molecule has 1 aliphatic carbocycles. The van der Waals surface area contributed by atoms with Crippen LogP contribution in [0.5, 0.6) is 5.75 Å². The topological polar surface area (TPSA) is 29.5 Å². The second kappa shape index (κ2) is 6.42. The van der Waals surface area contributed by atoms with Crippen molar-refractivity contribution in [2.24, 2.45) is 11.8 Å². The predicted molar refractivity (Wildman–Crippen MR) is 78.4 cm³/mol. The summed E-state index contributed by atoms with van der Waals surface area (Å²) in [7, 11) is 0. The van der Waals surface area contributed by atoms with Crippen LogP contribution in [0.15, 0.2) is 24.3 Å². The van der Waals surface area contributed by atoms with Gasteiger partial charge in [0.2, 0.25) is 0 Å². The van der Waals surface area contributed by atoms with Gasteiger partial charge in [0.25, 0.3) is 0 Å². The Morgan fingerprint density at radius 2 is 2.00 bits per heavy atom. The van der Waals surface area contributed by atoms with Gasteiger partial charge in [-0.2, -0.15) is 0 Å². The van der Waals surface area contributed by atoms with Gasteiger partial charge >= 0.3 is 0 Å². The number of aliphatic hydroxyl groups is 1. The quantitative estimate of drug-likeness (QED) is 0.894. The summed E-state index contributed by atoms with van der Waals surface area (Å²) in [6.45, 7) is 6.66. The highest BCUT2D eigenvalue weighted by atomic mass is 16.5. The first kappa shape index (κ1) is 14.4. The largest absolute Gasteiger partial charge is 0.487 e. The molecule has 1 fully saturated rings. The minimum absolute atomic E-state index is 0.0474. The summed E-state index contributed by atoms with van der Waals surface area (Å²) in [6, 6.07) is 8.17. The highest BCUT2D eigenvalue weighted by Gasteiger charge is 2.32. The van der Waals surface area contributed by atoms with Crippen molar-refractivity contribution in [1.29, 1.82) is 0 Å². The smallest absolute Gasteiger partial charge is 0.125 e. The van der Waals surface area contributed by atoms with E-state index in [0.29, 0.717) is 11.8 Å². The zero-order valence-electron chi connectivity index (χ0n) is 12.3. The van der Waals surface area contributed by atoms with Gasteiger partial charge in [0.1, 0.15) is 11.9 Å². The fourth-order valence-corrected chi connectivity index (χ4v) is 2.95. The Bertz CT molecular complexity index is 400. The molecule has 19 heavy (non-hydrogen) atoms. The molecule has 1 aromatic carbocycles. The molecule has 0 radical (unpaired) electrons. The van der Waals surface area contributed by atoms with E-state index in [1.165, 1.54) is 5.56 Å². The highest BCUT2D eigenvalue weighted by Crippen LogP contribution is 2.33. The molecule has 0 amide bonds. The fourth-order valence-electron chi connectivity index (χ4n) is 2.95. The van der Waals surface area contributed by atoms with Crippen molar-refractivity contribution < 1.29 is 9.84 Å². The summed E-state index contributed by atoms with van der Waals surface area (Å²) in [6.07, 6.45) is 3.55. The number of rotatable bonds is 4. The lowest BCUT2D eigenvalue weighted by Gasteiger charge is -2.35. The summed E-state index contributed by atoms with van der Waals surface area (Å²) >= 11 is 0. The van der Waals surface area contributed by atoms with Gasteiger partial charge in [-0.05, 0) is 49.1 Å². The third-order valence-electron chi connectivity index (χ3n) is 4.37. The maximum absolute atomic E-state index is 10.2. The minimum atomic E-state index is -0.320. The molecule has 2 heteroatoms. The number of hydrogen-bond donors (Lipinski definition) is 1. The lowest BCUT2D eigenvalue weighted by atomic mass is 9.79. The van der Waals surface area contributed by atoms with Crippen LogP contribution in [-0.4, -0.2) is 17.3 Å². The third-order valence-corrected chi connectivity index (χ3v) is 4.37. The molecule has 0 aromatic heterocycles. The van der Waals surface area contributed by atoms with Crippen LogP contribution in [0.3, 0.4) is 0 Å². The van der Waals surface area contributed by atoms with E-state index in [2.05, 4.69) is 26.8 Å². The number of para-hydroxylation sites is 1. The zero-order valence-corrected chi connectivity index (χ0v) is 12.3. The molecular formula is C17H26O2. The van der Waals surface area contributed by atoms with Crippen LogP contribution in [0.25, 0.3) is 0 Å². The van der Waals surface area contributed by atoms with Crippen LogP contribution in [0.1, 0.15) is 45.6 Å². The van der Waals surface area contributed by atoms with E-state index >= 15 is 0 Å². The molecule has 0 aliphatic heterocycles. The van der Waals surface area contributed by atoms with E-state index in [4.69, 9.17) is 4.74 Å². The Labute approximate surface area is 116 Å². The first-order valence-corrected chi connectivity index (χ1v) is 7.54. The van der Waals surface area contributed by atoms with Crippen molar-refractivity contribution in [3.05, 3.63) is 29.8 Å². The SMILES string of the molecule is CCc1ccccc1OC1CC(C(C)C)CCC1O. The zero-order chi connectivity index (χ0) is 13.8. The van der Waals surface area contributed by atoms with Gasteiger partial charge in [-0.15, -0.1) is 0 Å². The molecule has 1 aliphatic rings. The first-order valence-electron chi connectivity index (χ1n) is 7.54. The highest BCUT2D eigenvalue weighted by molar-refractivity contribution is 5.33. The van der Waals surface area contributed by atoms with E-state index < -0.39 is 0 Å². The molecule has 3 atom stereocenters. The number of hydrogen-bond acceptors (Lipinski definition) is 2. The molecule has 106 valence electrons. The predicted octanol–water partition coefficient (Wildman–Crippen LogP) is 3.81. The first-order chi connectivity index (χ1) is 9.11. The maximum atomic E-state index is 10.2. The summed E-state index contributed by atoms with van der Waals surface area (Å²) in [4.78, 5) is 0. The van der Waals surface area contributed by atoms with Gasteiger partial charge in [0.05, 0.1) is 6.10 Å². The normalized spacial score (nSPS) is 27.5. The van der Waals surface area contributed by atoms with E-state index in [1.54, 1.807) is 0 Å². The maximum Gasteiger partial charge on any atom is 0.125 e. The van der Waals surface area contributed by atoms with Gasteiger partial charge in [-0.3, -0.25) is 0 Å². The second-order valence-electron chi connectivity index (χ2n) is 6.00. The standard InChI is InChI=1S/C17H26O2/c1-4-13-7-5-6-8-16(13)19-17-11-14(12(2)3)9-10-15(17)18/h5-8,12,14-15,17-18H,4,9-11H2,1-3H3. The van der Waals surface area contributed by atoms with Crippen molar-refractivity contribution in [2.75, 3.05) is 0 Å². The summed E-state index contributed by atoms with van der Waals surface area (Å²) in [5.74, 6) is 2.28. The molecule has 0 saturated heterocycles. The second-order valence-corrected chi connectivity index (χ2v) is 6.00. The lowest BCUT2D eigenvalue weighted by Crippen LogP contribution is -2.39. The Kier molecular flexibility index (Phi) is 4.87. The summed E-state index contributed by atoms with van der Waals surface area (Å²) in [5, 5.41) is 10.2. The summed E-state index contributed by atoms with van der Waals surface area (Å²) in [5.41, 5.74) is 1.22. The number of benzene rings is 1. The van der Waals surface area contributed by atoms with Crippen LogP contribution < -0.4 is 4.74 Å². The third kappa shape index (κ3) is 3.50. The van der Waals surface area contributed by atoms with Crippen molar-refractivity contribution in [3.63, 3.8) is 0 Å². The Balaban J connectivity index is 2.07. The molecule has 3 unspecified atom stereocenters. The molecular weight excluding hydrogens is 236 g/mol. The average Bonchev–Trinajstić information content (AvgIpc) is 2.41. The molecule has 0 heterocycles. The number of ether oxygens (including phenoxy) is 1. The molecule has 0 bridgehead atoms. The van der Waals surface area contributed by atoms with E-state index in [0.717, 1.165) is 31.4 Å². The lowest BCUT2D eigenvalue weighted by molar-refractivity contribution is -0.0180. The van der Waals surface area contributed by atoms with Crippen molar-refractivity contribution in [3.8, 4) is 5.75 Å². The van der Waals surface area contributed by atoms with Gasteiger partial charge < -0.3 is 9.84 Å². The molecule has 1 N–H and O–H groups in total. The Morgan fingerprint density at radius 1 is 1.26 bits per heavy atom. The number of aryl methyl sites for hydroxylation is 1. The number of aliphatic hydroxyl groups excluding tert-OH is 1. The monoisotopic (exact) mass is 262 g/mol. The van der Waals surface area contributed by atoms with Crippen LogP contribution in [-0.2, 0) is 6.42 Å². The van der Waals surface area contributed by atoms with Gasteiger partial charge in [-0.1, -0.05) is 39.0 Å². The van der Waals surface area contributed by atoms with Gasteiger partial charge in [-0.25, -0.2) is 0 Å². The van der Waals surface area contributed by atoms with Crippen molar-refractivity contribution in [2.45, 2.75) is 58.7 Å². The van der Waals surface area contributed by atoms with Crippen molar-refractivity contribution in [1.82, 2.24) is 0 Å². The summed E-state index contributed by atoms with van der Waals surface area (Å²) < 4.78 is 6.12. The Morgan fingerprint density at radius 3 is 2.68 bits per heavy atom. The van der Waals surface area contributed by atoms with Gasteiger partial charge in [0.15, 0.2) is 0 Å². The fraction of sp³-hybridized carbons (Fsp3) is 0.647. The molecule has 0 spiro atoms. The van der Waals surface area contributed by atoms with E-state index in [1.807, 2.05) is 18.2 Å². The van der Waals surface area contributed by atoms with Gasteiger partial charge in [0, 0.05) is 0 Å². The van der Waals surface area contributed by atoms with Crippen LogP contribution >= 0.6 is 0 Å². The molecule has 2 rings (SSSR count). The minimum Gasteiger partial charge on any atom is -0.487 e. The molecule has 1 aromatic rings. The van der Waals surface area contributed by atoms with E-state index in [-0.39, 0.29) is 12.2 Å². The molecule has 1 saturated carbocycles. The average molecular weight is 262 g/mol. The van der Waals surface area contributed by atoms with Crippen molar-refractivity contribution >= 4 is 0 Å². The van der Waals surface area contributed by atoms with Crippen LogP contribution in [0.4, 0.5) is 0 Å². The van der Waals surface area contributed by atoms with E-state index in [9.17, 15) is 5.11 Å². The molecule has 2 nitrogen and oxygen atoms in total.